The van der Waals surface area contributed by atoms with Crippen molar-refractivity contribution in [2.24, 2.45) is 16.2 Å². The lowest BCUT2D eigenvalue weighted by atomic mass is 9.38. The Labute approximate surface area is 199 Å². The van der Waals surface area contributed by atoms with Gasteiger partial charge in [-0.25, -0.2) is 9.59 Å². The Bertz CT molecular complexity index is 1070. The van der Waals surface area contributed by atoms with Crippen molar-refractivity contribution in [2.75, 3.05) is 0 Å². The molecule has 8 nitrogen and oxygen atoms in total. The predicted octanol–water partition coefficient (Wildman–Crippen LogP) is 4.38. The summed E-state index contributed by atoms with van der Waals surface area (Å²) in [5.41, 5.74) is -2.05. The number of ether oxygens (including phenoxy) is 1. The molecule has 5 aliphatic rings. The summed E-state index contributed by atoms with van der Waals surface area (Å²) in [6.07, 6.45) is 3.52. The maximum Gasteiger partial charge on any atom is 0.408 e. The van der Waals surface area contributed by atoms with E-state index in [1.165, 1.54) is 0 Å². The quantitative estimate of drug-likeness (QED) is 0.661. The van der Waals surface area contributed by atoms with E-state index in [1.807, 2.05) is 20.8 Å². The standard InChI is InChI=1S/C26H32N2O6/c1-22(2,3)33-21(32)27-26-13-23(4)10-24(5,14-26)12-25(11-23,15-26)20(31)34-28-18(29)16-8-6-7-9-17(16)19(28)30/h6-9H,10-15H2,1-5H3,(H,27,32). The van der Waals surface area contributed by atoms with Crippen LogP contribution in [-0.2, 0) is 14.4 Å². The second-order valence-corrected chi connectivity index (χ2v) is 12.7. The lowest BCUT2D eigenvalue weighted by Gasteiger charge is -2.68. The summed E-state index contributed by atoms with van der Waals surface area (Å²) in [6.45, 7) is 9.75. The Balaban J connectivity index is 1.43. The third-order valence-corrected chi connectivity index (χ3v) is 7.72. The molecule has 6 rings (SSSR count). The molecule has 1 aromatic rings. The summed E-state index contributed by atoms with van der Waals surface area (Å²) in [4.78, 5) is 57.7. The molecule has 3 amide bonds. The number of nitrogens with zero attached hydrogens (tertiary/aromatic N) is 1. The lowest BCUT2D eigenvalue weighted by Crippen LogP contribution is -2.70. The molecule has 4 aliphatic carbocycles. The number of hydrogen-bond donors (Lipinski definition) is 1. The van der Waals surface area contributed by atoms with Crippen LogP contribution in [-0.4, -0.2) is 40.1 Å². The molecule has 1 aromatic carbocycles. The number of benzene rings is 1. The number of carbonyl (C=O) groups excluding carboxylic acids is 4. The molecule has 0 radical (unpaired) electrons. The van der Waals surface area contributed by atoms with Gasteiger partial charge in [0.25, 0.3) is 11.8 Å². The molecule has 34 heavy (non-hydrogen) atoms. The second-order valence-electron chi connectivity index (χ2n) is 12.7. The van der Waals surface area contributed by atoms with Crippen LogP contribution in [0.5, 0.6) is 0 Å². The zero-order valence-electron chi connectivity index (χ0n) is 20.4. The van der Waals surface area contributed by atoms with Crippen LogP contribution in [0.4, 0.5) is 4.79 Å². The number of hydroxylamine groups is 2. The molecule has 1 N–H and O–H groups in total. The van der Waals surface area contributed by atoms with Crippen molar-refractivity contribution in [3.8, 4) is 0 Å². The highest BCUT2D eigenvalue weighted by Crippen LogP contribution is 2.71. The maximum absolute atomic E-state index is 13.7. The second kappa shape index (κ2) is 6.83. The summed E-state index contributed by atoms with van der Waals surface area (Å²) in [6, 6.07) is 6.44. The molecule has 0 saturated heterocycles. The molecule has 4 fully saturated rings. The molecule has 0 aromatic heterocycles. The van der Waals surface area contributed by atoms with Crippen LogP contribution in [0.15, 0.2) is 24.3 Å². The highest BCUT2D eigenvalue weighted by atomic mass is 16.7. The minimum absolute atomic E-state index is 0.181. The molecule has 1 heterocycles. The molecule has 2 unspecified atom stereocenters. The number of alkyl carbamates (subject to hydrolysis) is 1. The predicted molar refractivity (Wildman–Crippen MR) is 121 cm³/mol. The van der Waals surface area contributed by atoms with Gasteiger partial charge in [0, 0.05) is 5.54 Å². The first-order valence-electron chi connectivity index (χ1n) is 11.9. The third-order valence-electron chi connectivity index (χ3n) is 7.72. The van der Waals surface area contributed by atoms with Gasteiger partial charge >= 0.3 is 12.1 Å². The van der Waals surface area contributed by atoms with Crippen molar-refractivity contribution in [3.63, 3.8) is 0 Å². The maximum atomic E-state index is 13.7. The first kappa shape index (κ1) is 22.9. The van der Waals surface area contributed by atoms with Gasteiger partial charge in [-0.2, -0.15) is 0 Å². The molecular formula is C26H32N2O6. The minimum atomic E-state index is -0.900. The van der Waals surface area contributed by atoms with E-state index >= 15 is 0 Å². The topological polar surface area (TPSA) is 102 Å². The van der Waals surface area contributed by atoms with E-state index in [2.05, 4.69) is 19.2 Å². The number of carbonyl (C=O) groups is 4. The lowest BCUT2D eigenvalue weighted by molar-refractivity contribution is -0.215. The van der Waals surface area contributed by atoms with E-state index < -0.39 is 40.4 Å². The van der Waals surface area contributed by atoms with E-state index in [-0.39, 0.29) is 22.0 Å². The molecule has 1 aliphatic heterocycles. The number of rotatable bonds is 3. The van der Waals surface area contributed by atoms with Gasteiger partial charge < -0.3 is 14.9 Å². The van der Waals surface area contributed by atoms with Gasteiger partial charge in [0.05, 0.1) is 16.5 Å². The summed E-state index contributed by atoms with van der Waals surface area (Å²) in [5, 5.41) is 3.72. The monoisotopic (exact) mass is 468 g/mol. The highest BCUT2D eigenvalue weighted by Gasteiger charge is 2.69. The van der Waals surface area contributed by atoms with Gasteiger partial charge in [0.1, 0.15) is 5.60 Å². The van der Waals surface area contributed by atoms with E-state index in [0.29, 0.717) is 24.3 Å². The summed E-state index contributed by atoms with van der Waals surface area (Å²) < 4.78 is 5.54. The van der Waals surface area contributed by atoms with Crippen LogP contribution in [0.2, 0.25) is 0 Å². The van der Waals surface area contributed by atoms with Crippen molar-refractivity contribution in [3.05, 3.63) is 35.4 Å². The van der Waals surface area contributed by atoms with E-state index in [0.717, 1.165) is 19.3 Å². The van der Waals surface area contributed by atoms with E-state index in [1.54, 1.807) is 24.3 Å². The highest BCUT2D eigenvalue weighted by molar-refractivity contribution is 6.20. The van der Waals surface area contributed by atoms with Crippen LogP contribution >= 0.6 is 0 Å². The molecular weight excluding hydrogens is 436 g/mol. The number of nitrogens with one attached hydrogen (secondary N) is 1. The van der Waals surface area contributed by atoms with E-state index in [4.69, 9.17) is 9.57 Å². The molecule has 4 bridgehead atoms. The van der Waals surface area contributed by atoms with Crippen molar-refractivity contribution in [2.45, 2.75) is 84.3 Å². The van der Waals surface area contributed by atoms with Gasteiger partial charge in [-0.3, -0.25) is 9.59 Å². The normalized spacial score (nSPS) is 35.9. The van der Waals surface area contributed by atoms with Crippen LogP contribution in [0.25, 0.3) is 0 Å². The van der Waals surface area contributed by atoms with Gasteiger partial charge in [-0.15, -0.1) is 0 Å². The van der Waals surface area contributed by atoms with Crippen LogP contribution < -0.4 is 5.32 Å². The SMILES string of the molecule is CC12CC3(C)CC(NC(=O)OC(C)(C)C)(C1)CC(C(=O)ON1C(=O)c4ccccc4C1=O)(C2)C3. The molecule has 4 saturated carbocycles. The zero-order chi connectivity index (χ0) is 24.7. The Kier molecular flexibility index (Phi) is 4.59. The van der Waals surface area contributed by atoms with Gasteiger partial charge in [0.2, 0.25) is 0 Å². The van der Waals surface area contributed by atoms with Gasteiger partial charge in [0.15, 0.2) is 0 Å². The first-order valence-corrected chi connectivity index (χ1v) is 11.9. The minimum Gasteiger partial charge on any atom is -0.444 e. The summed E-state index contributed by atoms with van der Waals surface area (Å²) in [7, 11) is 0. The fourth-order valence-electron chi connectivity index (χ4n) is 7.99. The number of amides is 3. The average molecular weight is 469 g/mol. The summed E-state index contributed by atoms with van der Waals surface area (Å²) >= 11 is 0. The van der Waals surface area contributed by atoms with Crippen molar-refractivity contribution < 1.29 is 28.8 Å². The van der Waals surface area contributed by atoms with Crippen LogP contribution in [0.3, 0.4) is 0 Å². The zero-order valence-corrected chi connectivity index (χ0v) is 20.4. The number of fused-ring (bicyclic) bond motifs is 1. The molecule has 182 valence electrons. The van der Waals surface area contributed by atoms with Crippen LogP contribution in [0.1, 0.15) is 93.9 Å². The smallest absolute Gasteiger partial charge is 0.408 e. The Morgan fingerprint density at radius 2 is 1.41 bits per heavy atom. The molecule has 8 heteroatoms. The number of hydrogen-bond acceptors (Lipinski definition) is 6. The van der Waals surface area contributed by atoms with Gasteiger partial charge in [-0.05, 0) is 82.3 Å². The van der Waals surface area contributed by atoms with Crippen molar-refractivity contribution in [1.29, 1.82) is 0 Å². The van der Waals surface area contributed by atoms with Crippen LogP contribution in [0, 0.1) is 16.2 Å². The third kappa shape index (κ3) is 3.58. The molecule has 2 atom stereocenters. The number of imide groups is 1. The fraction of sp³-hybridized carbons (Fsp3) is 0.615. The first-order chi connectivity index (χ1) is 15.7. The van der Waals surface area contributed by atoms with Crippen molar-refractivity contribution in [1.82, 2.24) is 10.4 Å². The fourth-order valence-corrected chi connectivity index (χ4v) is 7.99. The van der Waals surface area contributed by atoms with Gasteiger partial charge in [-0.1, -0.05) is 31.0 Å². The Morgan fingerprint density at radius 3 is 1.91 bits per heavy atom. The Hall–Kier alpha value is -2.90. The summed E-state index contributed by atoms with van der Waals surface area (Å²) in [5.74, 6) is -1.83. The Morgan fingerprint density at radius 1 is 0.882 bits per heavy atom. The van der Waals surface area contributed by atoms with Crippen molar-refractivity contribution >= 4 is 23.9 Å². The largest absolute Gasteiger partial charge is 0.444 e. The molecule has 0 spiro atoms. The average Bonchev–Trinajstić information content (AvgIpc) is 2.88. The van der Waals surface area contributed by atoms with E-state index in [9.17, 15) is 19.2 Å².